The summed E-state index contributed by atoms with van der Waals surface area (Å²) >= 11 is 0. The number of carbonyl (C=O) groups is 1. The van der Waals surface area contributed by atoms with Gasteiger partial charge in [0, 0.05) is 7.05 Å². The number of fused-ring (bicyclic) bond motifs is 1. The molecule has 0 aromatic heterocycles. The van der Waals surface area contributed by atoms with Crippen LogP contribution in [0.25, 0.3) is 0 Å². The molecule has 1 heterocycles. The first-order chi connectivity index (χ1) is 8.69. The molecule has 6 heteroatoms. The molecular weight excluding hydrogens is 266 g/mol. The monoisotopic (exact) mass is 283 g/mol. The molecule has 1 aliphatic heterocycles. The van der Waals surface area contributed by atoms with E-state index in [0.29, 0.717) is 5.69 Å². The number of rotatable bonds is 1. The molecule has 0 aliphatic carbocycles. The average Bonchev–Trinajstić information content (AvgIpc) is 2.29. The Kier molecular flexibility index (Phi) is 3.09. The first-order valence-corrected chi connectivity index (χ1v) is 7.54. The number of sulfone groups is 1. The third-order valence-electron chi connectivity index (χ3n) is 3.95. The fraction of sp³-hybridized carbons (Fsp3) is 0.462. The van der Waals surface area contributed by atoms with Crippen LogP contribution in [0, 0.1) is 13.8 Å². The third-order valence-corrected chi connectivity index (χ3v) is 6.16. The van der Waals surface area contributed by atoms with Crippen LogP contribution in [0.2, 0.25) is 0 Å². The highest BCUT2D eigenvalue weighted by atomic mass is 32.2. The Labute approximate surface area is 112 Å². The van der Waals surface area contributed by atoms with Crippen molar-refractivity contribution in [1.29, 1.82) is 0 Å². The Bertz CT molecular complexity index is 651. The Morgan fingerprint density at radius 3 is 2.42 bits per heavy atom. The third kappa shape index (κ3) is 1.82. The van der Waals surface area contributed by atoms with E-state index in [2.05, 4.69) is 0 Å². The van der Waals surface area contributed by atoms with Gasteiger partial charge in [0.25, 0.3) is 0 Å². The van der Waals surface area contributed by atoms with Crippen LogP contribution in [0.1, 0.15) is 18.1 Å². The average molecular weight is 283 g/mol. The molecule has 0 bridgehead atoms. The maximum Gasteiger partial charge on any atom is 0.324 e. The van der Waals surface area contributed by atoms with E-state index < -0.39 is 27.1 Å². The number of anilines is 1. The summed E-state index contributed by atoms with van der Waals surface area (Å²) in [7, 11) is -2.11. The van der Waals surface area contributed by atoms with Crippen molar-refractivity contribution in [3.63, 3.8) is 0 Å². The molecule has 1 N–H and O–H groups in total. The summed E-state index contributed by atoms with van der Waals surface area (Å²) in [6.07, 6.45) is 0. The van der Waals surface area contributed by atoms with Gasteiger partial charge in [-0.3, -0.25) is 4.79 Å². The van der Waals surface area contributed by atoms with Crippen molar-refractivity contribution in [2.75, 3.05) is 11.9 Å². The van der Waals surface area contributed by atoms with E-state index in [-0.39, 0.29) is 4.90 Å². The van der Waals surface area contributed by atoms with Gasteiger partial charge in [0.05, 0.1) is 16.6 Å². The van der Waals surface area contributed by atoms with Crippen LogP contribution in [-0.2, 0) is 14.6 Å². The van der Waals surface area contributed by atoms with Gasteiger partial charge in [-0.05, 0) is 38.0 Å². The molecule has 0 saturated carbocycles. The van der Waals surface area contributed by atoms with Gasteiger partial charge >= 0.3 is 5.97 Å². The zero-order valence-electron chi connectivity index (χ0n) is 11.3. The molecule has 1 aromatic rings. The van der Waals surface area contributed by atoms with Crippen molar-refractivity contribution in [3.8, 4) is 0 Å². The second-order valence-electron chi connectivity index (χ2n) is 5.01. The van der Waals surface area contributed by atoms with E-state index in [1.54, 1.807) is 24.9 Å². The maximum atomic E-state index is 12.5. The summed E-state index contributed by atoms with van der Waals surface area (Å²) in [5.41, 5.74) is 2.48. The molecule has 19 heavy (non-hydrogen) atoms. The second-order valence-corrected chi connectivity index (χ2v) is 7.05. The van der Waals surface area contributed by atoms with E-state index in [1.165, 1.54) is 6.07 Å². The van der Waals surface area contributed by atoms with E-state index in [4.69, 9.17) is 0 Å². The van der Waals surface area contributed by atoms with Crippen molar-refractivity contribution in [3.05, 3.63) is 23.3 Å². The number of aryl methyl sites for hydroxylation is 1. The molecule has 2 unspecified atom stereocenters. The van der Waals surface area contributed by atoms with Gasteiger partial charge in [-0.2, -0.15) is 0 Å². The molecule has 2 rings (SSSR count). The number of carboxylic acid groups (broad SMARTS) is 1. The summed E-state index contributed by atoms with van der Waals surface area (Å²) in [6.45, 7) is 5.39. The van der Waals surface area contributed by atoms with E-state index in [0.717, 1.165) is 11.1 Å². The Morgan fingerprint density at radius 1 is 1.32 bits per heavy atom. The number of benzene rings is 1. The minimum atomic E-state index is -3.84. The molecule has 104 valence electrons. The second kappa shape index (κ2) is 4.23. The summed E-state index contributed by atoms with van der Waals surface area (Å²) in [5, 5.41) is 7.78. The molecule has 0 spiro atoms. The Morgan fingerprint density at radius 2 is 1.89 bits per heavy atom. The number of hydrogen-bond donors (Lipinski definition) is 1. The van der Waals surface area contributed by atoms with E-state index in [9.17, 15) is 18.3 Å². The van der Waals surface area contributed by atoms with Crippen LogP contribution in [0.5, 0.6) is 0 Å². The van der Waals surface area contributed by atoms with Crippen LogP contribution in [-0.4, -0.2) is 37.8 Å². The summed E-state index contributed by atoms with van der Waals surface area (Å²) < 4.78 is 24.9. The van der Waals surface area contributed by atoms with Crippen LogP contribution >= 0.6 is 0 Å². The number of aliphatic carboxylic acids is 1. The van der Waals surface area contributed by atoms with Crippen LogP contribution in [0.15, 0.2) is 17.0 Å². The highest BCUT2D eigenvalue weighted by Crippen LogP contribution is 2.39. The van der Waals surface area contributed by atoms with E-state index in [1.807, 2.05) is 13.8 Å². The normalized spacial score (nSPS) is 24.9. The maximum absolute atomic E-state index is 12.5. The van der Waals surface area contributed by atoms with Gasteiger partial charge in [-0.15, -0.1) is 0 Å². The van der Waals surface area contributed by atoms with E-state index >= 15 is 0 Å². The van der Waals surface area contributed by atoms with Crippen molar-refractivity contribution < 1.29 is 18.3 Å². The van der Waals surface area contributed by atoms with Gasteiger partial charge in [-0.25, -0.2) is 8.42 Å². The minimum absolute atomic E-state index is 0.114. The quantitative estimate of drug-likeness (QED) is 0.842. The number of carboxylic acids is 1. The number of hydrogen-bond acceptors (Lipinski definition) is 4. The molecule has 0 radical (unpaired) electrons. The van der Waals surface area contributed by atoms with Gasteiger partial charge in [0.2, 0.25) is 0 Å². The minimum Gasteiger partial charge on any atom is -0.480 e. The summed E-state index contributed by atoms with van der Waals surface area (Å²) in [4.78, 5) is 13.1. The molecule has 1 aliphatic rings. The highest BCUT2D eigenvalue weighted by Gasteiger charge is 2.46. The van der Waals surface area contributed by atoms with Crippen LogP contribution in [0.3, 0.4) is 0 Å². The number of nitrogens with zero attached hydrogens (tertiary/aromatic N) is 1. The summed E-state index contributed by atoms with van der Waals surface area (Å²) in [5.74, 6) is -1.30. The van der Waals surface area contributed by atoms with Crippen LogP contribution in [0.4, 0.5) is 5.69 Å². The lowest BCUT2D eigenvalue weighted by molar-refractivity contribution is -0.136. The highest BCUT2D eigenvalue weighted by molar-refractivity contribution is 7.93. The van der Waals surface area contributed by atoms with Gasteiger partial charge in [0.1, 0.15) is 0 Å². The zero-order valence-corrected chi connectivity index (χ0v) is 12.2. The standard InChI is InChI=1S/C13H17NO4S/c1-7-5-6-10-11(8(7)2)14(4)9(3)12(13(15)16)19(10,17)18/h5-6,9,12H,1-4H3,(H,15,16). The summed E-state index contributed by atoms with van der Waals surface area (Å²) in [6, 6.07) is 2.62. The van der Waals surface area contributed by atoms with Gasteiger partial charge < -0.3 is 10.0 Å². The SMILES string of the molecule is Cc1ccc2c(c1C)N(C)C(C)C(C(=O)O)S2(=O)=O. The molecule has 5 nitrogen and oxygen atoms in total. The lowest BCUT2D eigenvalue weighted by atomic mass is 10.0. The fourth-order valence-electron chi connectivity index (χ4n) is 2.59. The molecule has 0 amide bonds. The Balaban J connectivity index is 2.82. The topological polar surface area (TPSA) is 74.7 Å². The van der Waals surface area contributed by atoms with Crippen molar-refractivity contribution >= 4 is 21.5 Å². The van der Waals surface area contributed by atoms with Crippen molar-refractivity contribution in [2.24, 2.45) is 0 Å². The predicted octanol–water partition coefficient (Wildman–Crippen LogP) is 1.37. The Hall–Kier alpha value is -1.56. The molecule has 2 atom stereocenters. The molecule has 1 aromatic carbocycles. The van der Waals surface area contributed by atoms with Crippen LogP contribution < -0.4 is 4.90 Å². The van der Waals surface area contributed by atoms with Gasteiger partial charge in [-0.1, -0.05) is 6.07 Å². The molecule has 0 fully saturated rings. The molecular formula is C13H17NO4S. The largest absolute Gasteiger partial charge is 0.480 e. The van der Waals surface area contributed by atoms with Crippen molar-refractivity contribution in [2.45, 2.75) is 37.0 Å². The molecule has 0 saturated heterocycles. The first kappa shape index (κ1) is 13.9. The lowest BCUT2D eigenvalue weighted by Crippen LogP contribution is -2.52. The fourth-order valence-corrected chi connectivity index (χ4v) is 4.65. The predicted molar refractivity (Wildman–Crippen MR) is 72.4 cm³/mol. The lowest BCUT2D eigenvalue weighted by Gasteiger charge is -2.38. The first-order valence-electron chi connectivity index (χ1n) is 5.99. The van der Waals surface area contributed by atoms with Crippen molar-refractivity contribution in [1.82, 2.24) is 0 Å². The van der Waals surface area contributed by atoms with Gasteiger partial charge in [0.15, 0.2) is 15.1 Å². The zero-order chi connectivity index (χ0) is 14.5. The smallest absolute Gasteiger partial charge is 0.324 e.